The van der Waals surface area contributed by atoms with Crippen molar-refractivity contribution in [1.82, 2.24) is 14.9 Å². The summed E-state index contributed by atoms with van der Waals surface area (Å²) >= 11 is 0. The van der Waals surface area contributed by atoms with Gasteiger partial charge in [-0.1, -0.05) is 12.1 Å². The minimum absolute atomic E-state index is 0.0604. The first-order valence-electron chi connectivity index (χ1n) is 8.14. The van der Waals surface area contributed by atoms with Crippen LogP contribution in [0.3, 0.4) is 0 Å². The number of alkyl halides is 3. The van der Waals surface area contributed by atoms with Gasteiger partial charge in [-0.25, -0.2) is 4.98 Å². The molecule has 0 fully saturated rings. The second-order valence-electron chi connectivity index (χ2n) is 5.96. The van der Waals surface area contributed by atoms with Gasteiger partial charge in [-0.3, -0.25) is 9.59 Å². The van der Waals surface area contributed by atoms with E-state index in [0.29, 0.717) is 12.1 Å². The summed E-state index contributed by atoms with van der Waals surface area (Å²) in [5.74, 6) is -0.197. The predicted octanol–water partition coefficient (Wildman–Crippen LogP) is 3.51. The van der Waals surface area contributed by atoms with E-state index >= 15 is 0 Å². The Balaban J connectivity index is 1.92. The first kappa shape index (κ1) is 18.7. The number of carbonyl (C=O) groups is 1. The molecule has 0 bridgehead atoms. The summed E-state index contributed by atoms with van der Waals surface area (Å²) in [5.41, 5.74) is -0.547. The Morgan fingerprint density at radius 2 is 1.93 bits per heavy atom. The number of furan rings is 1. The third kappa shape index (κ3) is 3.57. The Morgan fingerprint density at radius 1 is 1.26 bits per heavy atom. The van der Waals surface area contributed by atoms with Gasteiger partial charge in [0.05, 0.1) is 17.5 Å². The molecule has 2 aromatic heterocycles. The highest BCUT2D eigenvalue weighted by Crippen LogP contribution is 2.29. The highest BCUT2D eigenvalue weighted by Gasteiger charge is 2.30. The van der Waals surface area contributed by atoms with Gasteiger partial charge in [-0.05, 0) is 31.5 Å². The largest absolute Gasteiger partial charge is 0.442 e. The van der Waals surface area contributed by atoms with Gasteiger partial charge in [0.2, 0.25) is 5.71 Å². The van der Waals surface area contributed by atoms with Gasteiger partial charge in [0.1, 0.15) is 11.1 Å². The molecular weight excluding hydrogens is 363 g/mol. The number of hydrogen-bond donors (Lipinski definition) is 1. The van der Waals surface area contributed by atoms with Gasteiger partial charge in [0, 0.05) is 13.1 Å². The molecule has 2 heterocycles. The van der Waals surface area contributed by atoms with Crippen LogP contribution in [0.5, 0.6) is 0 Å². The number of nitrogens with one attached hydrogen (secondary N) is 1. The van der Waals surface area contributed by atoms with Gasteiger partial charge in [-0.2, -0.15) is 13.2 Å². The Labute approximate surface area is 151 Å². The highest BCUT2D eigenvalue weighted by molar-refractivity contribution is 6.06. The number of rotatable bonds is 4. The minimum Gasteiger partial charge on any atom is -0.442 e. The van der Waals surface area contributed by atoms with Crippen molar-refractivity contribution in [2.24, 2.45) is 0 Å². The summed E-state index contributed by atoms with van der Waals surface area (Å²) in [4.78, 5) is 32.8. The van der Waals surface area contributed by atoms with E-state index in [-0.39, 0.29) is 29.0 Å². The van der Waals surface area contributed by atoms with Gasteiger partial charge >= 0.3 is 6.18 Å². The molecule has 0 saturated carbocycles. The van der Waals surface area contributed by atoms with Gasteiger partial charge in [0.25, 0.3) is 11.5 Å². The van der Waals surface area contributed by atoms with E-state index in [4.69, 9.17) is 4.42 Å². The van der Waals surface area contributed by atoms with Crippen LogP contribution in [0.1, 0.15) is 34.2 Å². The molecule has 0 aliphatic carbocycles. The lowest BCUT2D eigenvalue weighted by molar-refractivity contribution is -0.137. The fourth-order valence-corrected chi connectivity index (χ4v) is 2.82. The lowest BCUT2D eigenvalue weighted by Gasteiger charge is -2.21. The minimum atomic E-state index is -4.42. The highest BCUT2D eigenvalue weighted by atomic mass is 19.4. The number of nitrogens with zero attached hydrogens (tertiary/aromatic N) is 2. The molecule has 1 amide bonds. The van der Waals surface area contributed by atoms with Gasteiger partial charge < -0.3 is 14.3 Å². The third-order valence-electron chi connectivity index (χ3n) is 4.21. The number of fused-ring (bicyclic) bond motifs is 1. The van der Waals surface area contributed by atoms with Crippen molar-refractivity contribution < 1.29 is 22.4 Å². The second kappa shape index (κ2) is 6.90. The van der Waals surface area contributed by atoms with E-state index in [1.54, 1.807) is 13.8 Å². The fraction of sp³-hybridized carbons (Fsp3) is 0.278. The molecule has 0 saturated heterocycles. The van der Waals surface area contributed by atoms with Crippen LogP contribution in [0.15, 0.2) is 39.8 Å². The standard InChI is InChI=1S/C18H16F3N3O3/c1-3-24(8-11-4-6-12(7-5-11)18(19,20)21)17(26)13-10(2)27-16-14(13)15(25)22-9-23-16/h4-7,9H,3,8H2,1-2H3,(H,22,23,25). The molecule has 3 rings (SSSR count). The van der Waals surface area contributed by atoms with E-state index in [9.17, 15) is 22.8 Å². The van der Waals surface area contributed by atoms with Crippen LogP contribution in [-0.4, -0.2) is 27.3 Å². The van der Waals surface area contributed by atoms with Crippen molar-refractivity contribution in [2.45, 2.75) is 26.6 Å². The van der Waals surface area contributed by atoms with Crippen molar-refractivity contribution in [1.29, 1.82) is 0 Å². The van der Waals surface area contributed by atoms with Crippen LogP contribution in [0, 0.1) is 6.92 Å². The zero-order valence-electron chi connectivity index (χ0n) is 14.6. The van der Waals surface area contributed by atoms with Crippen LogP contribution in [0.2, 0.25) is 0 Å². The van der Waals surface area contributed by atoms with Crippen LogP contribution >= 0.6 is 0 Å². The monoisotopic (exact) mass is 379 g/mol. The SMILES string of the molecule is CCN(Cc1ccc(C(F)(F)F)cc1)C(=O)c1c(C)oc2nc[nH]c(=O)c12. The summed E-state index contributed by atoms with van der Waals surface area (Å²) in [6.07, 6.45) is -3.23. The zero-order valence-corrected chi connectivity index (χ0v) is 14.6. The number of H-pyrrole nitrogens is 1. The second-order valence-corrected chi connectivity index (χ2v) is 5.96. The van der Waals surface area contributed by atoms with Crippen molar-refractivity contribution in [2.75, 3.05) is 6.54 Å². The van der Waals surface area contributed by atoms with E-state index in [1.165, 1.54) is 23.4 Å². The number of aromatic nitrogens is 2. The Bertz CT molecular complexity index is 1040. The number of benzene rings is 1. The van der Waals surface area contributed by atoms with Crippen molar-refractivity contribution >= 4 is 17.0 Å². The normalized spacial score (nSPS) is 11.7. The lowest BCUT2D eigenvalue weighted by atomic mass is 10.1. The van der Waals surface area contributed by atoms with Crippen molar-refractivity contribution in [3.63, 3.8) is 0 Å². The van der Waals surface area contributed by atoms with Crippen molar-refractivity contribution in [3.05, 3.63) is 63.4 Å². The number of aromatic amines is 1. The summed E-state index contributed by atoms with van der Waals surface area (Å²) in [6.45, 7) is 3.68. The fourth-order valence-electron chi connectivity index (χ4n) is 2.82. The Hall–Kier alpha value is -3.10. The molecule has 0 unspecified atom stereocenters. The lowest BCUT2D eigenvalue weighted by Crippen LogP contribution is -2.31. The van der Waals surface area contributed by atoms with Crippen LogP contribution in [0.4, 0.5) is 13.2 Å². The van der Waals surface area contributed by atoms with Gasteiger partial charge in [-0.15, -0.1) is 0 Å². The molecule has 27 heavy (non-hydrogen) atoms. The number of halogens is 3. The number of amides is 1. The maximum atomic E-state index is 13.0. The average molecular weight is 379 g/mol. The van der Waals surface area contributed by atoms with E-state index < -0.39 is 23.2 Å². The first-order valence-corrected chi connectivity index (χ1v) is 8.14. The van der Waals surface area contributed by atoms with Crippen LogP contribution in [0.25, 0.3) is 11.1 Å². The molecule has 9 heteroatoms. The topological polar surface area (TPSA) is 79.2 Å². The Kier molecular flexibility index (Phi) is 4.77. The average Bonchev–Trinajstić information content (AvgIpc) is 2.96. The molecule has 3 aromatic rings. The maximum absolute atomic E-state index is 13.0. The molecule has 0 aliphatic heterocycles. The first-order chi connectivity index (χ1) is 12.7. The molecule has 142 valence electrons. The molecule has 1 aromatic carbocycles. The molecule has 1 N–H and O–H groups in total. The third-order valence-corrected chi connectivity index (χ3v) is 4.21. The maximum Gasteiger partial charge on any atom is 0.416 e. The van der Waals surface area contributed by atoms with Crippen LogP contribution < -0.4 is 5.56 Å². The zero-order chi connectivity index (χ0) is 19.8. The predicted molar refractivity (Wildman–Crippen MR) is 91.2 cm³/mol. The molecular formula is C18H16F3N3O3. The quantitative estimate of drug-likeness (QED) is 0.752. The number of hydrogen-bond acceptors (Lipinski definition) is 4. The molecule has 0 spiro atoms. The summed E-state index contributed by atoms with van der Waals surface area (Å²) in [7, 11) is 0. The van der Waals surface area contributed by atoms with Crippen LogP contribution in [-0.2, 0) is 12.7 Å². The number of aryl methyl sites for hydroxylation is 1. The van der Waals surface area contributed by atoms with E-state index in [2.05, 4.69) is 9.97 Å². The summed E-state index contributed by atoms with van der Waals surface area (Å²) in [6, 6.07) is 4.60. The molecule has 0 aliphatic rings. The van der Waals surface area contributed by atoms with Crippen molar-refractivity contribution in [3.8, 4) is 0 Å². The molecule has 0 atom stereocenters. The molecule has 0 radical (unpaired) electrons. The smallest absolute Gasteiger partial charge is 0.416 e. The summed E-state index contributed by atoms with van der Waals surface area (Å²) in [5, 5.41) is 0.0610. The van der Waals surface area contributed by atoms with Gasteiger partial charge in [0.15, 0.2) is 0 Å². The molecule has 6 nitrogen and oxygen atoms in total. The van der Waals surface area contributed by atoms with E-state index in [1.807, 2.05) is 0 Å². The summed E-state index contributed by atoms with van der Waals surface area (Å²) < 4.78 is 43.4. The number of carbonyl (C=O) groups excluding carboxylic acids is 1. The Morgan fingerprint density at radius 3 is 2.52 bits per heavy atom. The van der Waals surface area contributed by atoms with E-state index in [0.717, 1.165) is 12.1 Å².